The fourth-order valence-corrected chi connectivity index (χ4v) is 1.30. The molecule has 1 rings (SSSR count). The van der Waals surface area contributed by atoms with E-state index >= 15 is 0 Å². The molecule has 0 fully saturated rings. The third-order valence-corrected chi connectivity index (χ3v) is 1.94. The molecule has 0 aliphatic heterocycles. The summed E-state index contributed by atoms with van der Waals surface area (Å²) >= 11 is 4.58. The summed E-state index contributed by atoms with van der Waals surface area (Å²) in [5, 5.41) is 0. The van der Waals surface area contributed by atoms with E-state index < -0.39 is 11.7 Å². The molecule has 6 heteroatoms. The summed E-state index contributed by atoms with van der Waals surface area (Å²) in [6.45, 7) is 1.30. The Bertz CT molecular complexity index is 373. The van der Waals surface area contributed by atoms with E-state index in [-0.39, 0.29) is 16.2 Å². The minimum absolute atomic E-state index is 0.0230. The van der Waals surface area contributed by atoms with Crippen LogP contribution >= 0.6 is 12.2 Å². The number of nitrogens with zero attached hydrogens (tertiary/aromatic N) is 1. The Kier molecular flexibility index (Phi) is 2.75. The largest absolute Gasteiger partial charge is 0.416 e. The van der Waals surface area contributed by atoms with Crippen LogP contribution in [0.25, 0.3) is 0 Å². The highest BCUT2D eigenvalue weighted by Gasteiger charge is 2.33. The molecule has 0 aliphatic carbocycles. The summed E-state index contributed by atoms with van der Waals surface area (Å²) in [5.41, 5.74) is 4.46. The van der Waals surface area contributed by atoms with E-state index in [0.29, 0.717) is 0 Å². The zero-order valence-corrected chi connectivity index (χ0v) is 8.04. The zero-order chi connectivity index (χ0) is 10.9. The molecule has 0 unspecified atom stereocenters. The van der Waals surface area contributed by atoms with Crippen molar-refractivity contribution in [3.8, 4) is 0 Å². The van der Waals surface area contributed by atoms with E-state index in [1.54, 1.807) is 0 Å². The van der Waals surface area contributed by atoms with Crippen LogP contribution in [0.3, 0.4) is 0 Å². The Morgan fingerprint density at radius 1 is 1.50 bits per heavy atom. The Labute approximate surface area is 83.9 Å². The number of hydrogen-bond donors (Lipinski definition) is 1. The number of pyridine rings is 1. The van der Waals surface area contributed by atoms with Crippen LogP contribution in [-0.2, 0) is 6.18 Å². The lowest BCUT2D eigenvalue weighted by molar-refractivity contribution is -0.138. The molecule has 0 aliphatic rings. The molecule has 1 aromatic rings. The lowest BCUT2D eigenvalue weighted by Gasteiger charge is -2.11. The zero-order valence-electron chi connectivity index (χ0n) is 7.22. The van der Waals surface area contributed by atoms with E-state index in [1.165, 1.54) is 6.92 Å². The number of halogens is 3. The maximum atomic E-state index is 12.4. The molecule has 0 saturated heterocycles. The van der Waals surface area contributed by atoms with Gasteiger partial charge in [0.1, 0.15) is 10.7 Å². The van der Waals surface area contributed by atoms with Gasteiger partial charge < -0.3 is 5.73 Å². The molecule has 0 saturated carbocycles. The van der Waals surface area contributed by atoms with E-state index in [1.807, 2.05) is 0 Å². The third-order valence-electron chi connectivity index (χ3n) is 1.74. The van der Waals surface area contributed by atoms with E-state index in [2.05, 4.69) is 17.2 Å². The summed E-state index contributed by atoms with van der Waals surface area (Å²) < 4.78 is 37.1. The Morgan fingerprint density at radius 3 is 2.50 bits per heavy atom. The van der Waals surface area contributed by atoms with Crippen molar-refractivity contribution in [3.05, 3.63) is 29.1 Å². The van der Waals surface area contributed by atoms with Crippen LogP contribution in [0, 0.1) is 6.92 Å². The van der Waals surface area contributed by atoms with E-state index in [9.17, 15) is 13.2 Å². The van der Waals surface area contributed by atoms with Gasteiger partial charge >= 0.3 is 6.18 Å². The molecular formula is C8H7F3N2S. The molecule has 14 heavy (non-hydrogen) atoms. The van der Waals surface area contributed by atoms with Gasteiger partial charge in [-0.3, -0.25) is 4.98 Å². The fraction of sp³-hybridized carbons (Fsp3) is 0.250. The molecule has 0 bridgehead atoms. The van der Waals surface area contributed by atoms with E-state index in [0.717, 1.165) is 12.3 Å². The lowest BCUT2D eigenvalue weighted by Crippen LogP contribution is -2.17. The van der Waals surface area contributed by atoms with Crippen molar-refractivity contribution in [3.63, 3.8) is 0 Å². The van der Waals surface area contributed by atoms with Crippen molar-refractivity contribution in [1.82, 2.24) is 4.98 Å². The predicted octanol–water partition coefficient (Wildman–Crippen LogP) is 2.04. The van der Waals surface area contributed by atoms with Crippen LogP contribution < -0.4 is 5.73 Å². The third kappa shape index (κ3) is 2.01. The SMILES string of the molecule is Cc1c(C(F)(F)F)ccnc1C(N)=S. The first-order valence-electron chi connectivity index (χ1n) is 3.66. The van der Waals surface area contributed by atoms with Crippen LogP contribution in [0.2, 0.25) is 0 Å². The van der Waals surface area contributed by atoms with Crippen LogP contribution in [0.5, 0.6) is 0 Å². The molecule has 0 spiro atoms. The highest BCUT2D eigenvalue weighted by Crippen LogP contribution is 2.32. The number of thiocarbonyl (C=S) groups is 1. The van der Waals surface area contributed by atoms with Gasteiger partial charge in [-0.1, -0.05) is 12.2 Å². The summed E-state index contributed by atoms with van der Waals surface area (Å²) in [4.78, 5) is 3.55. The predicted molar refractivity (Wildman–Crippen MR) is 49.9 cm³/mol. The normalized spacial score (nSPS) is 11.4. The molecule has 0 aromatic carbocycles. The van der Waals surface area contributed by atoms with Crippen molar-refractivity contribution < 1.29 is 13.2 Å². The van der Waals surface area contributed by atoms with Gasteiger partial charge in [-0.15, -0.1) is 0 Å². The average molecular weight is 220 g/mol. The summed E-state index contributed by atoms with van der Waals surface area (Å²) in [7, 11) is 0. The topological polar surface area (TPSA) is 38.9 Å². The van der Waals surface area contributed by atoms with Gasteiger partial charge in [0, 0.05) is 6.20 Å². The molecule has 2 N–H and O–H groups in total. The second-order valence-electron chi connectivity index (χ2n) is 2.69. The second kappa shape index (κ2) is 3.53. The van der Waals surface area contributed by atoms with Gasteiger partial charge in [0.05, 0.1) is 5.56 Å². The summed E-state index contributed by atoms with van der Waals surface area (Å²) in [6.07, 6.45) is -3.35. The van der Waals surface area contributed by atoms with Gasteiger partial charge in [-0.05, 0) is 18.6 Å². The fourth-order valence-electron chi connectivity index (χ4n) is 1.09. The lowest BCUT2D eigenvalue weighted by atomic mass is 10.1. The first-order chi connectivity index (χ1) is 6.34. The van der Waals surface area contributed by atoms with Crippen LogP contribution in [0.4, 0.5) is 13.2 Å². The Morgan fingerprint density at radius 2 is 2.07 bits per heavy atom. The van der Waals surface area contributed by atoms with Crippen molar-refractivity contribution in [2.24, 2.45) is 5.73 Å². The highest BCUT2D eigenvalue weighted by atomic mass is 32.1. The van der Waals surface area contributed by atoms with Gasteiger partial charge in [0.2, 0.25) is 0 Å². The maximum absolute atomic E-state index is 12.4. The smallest absolute Gasteiger partial charge is 0.388 e. The highest BCUT2D eigenvalue weighted by molar-refractivity contribution is 7.80. The first-order valence-corrected chi connectivity index (χ1v) is 4.07. The number of rotatable bonds is 1. The van der Waals surface area contributed by atoms with Gasteiger partial charge in [-0.25, -0.2) is 0 Å². The average Bonchev–Trinajstić information content (AvgIpc) is 2.01. The molecule has 1 heterocycles. The molecule has 0 atom stereocenters. The first kappa shape index (κ1) is 10.9. The van der Waals surface area contributed by atoms with Crippen molar-refractivity contribution in [2.45, 2.75) is 13.1 Å². The summed E-state index contributed by atoms with van der Waals surface area (Å²) in [5.74, 6) is 0. The van der Waals surface area contributed by atoms with E-state index in [4.69, 9.17) is 5.73 Å². The second-order valence-corrected chi connectivity index (χ2v) is 3.13. The van der Waals surface area contributed by atoms with Gasteiger partial charge in [0.25, 0.3) is 0 Å². The van der Waals surface area contributed by atoms with Crippen LogP contribution in [0.1, 0.15) is 16.8 Å². The minimum Gasteiger partial charge on any atom is -0.388 e. The number of alkyl halides is 3. The quantitative estimate of drug-likeness (QED) is 0.736. The Balaban J connectivity index is 3.35. The number of nitrogens with two attached hydrogens (primary N) is 1. The minimum atomic E-state index is -4.40. The molecule has 0 amide bonds. The molecular weight excluding hydrogens is 213 g/mol. The van der Waals surface area contributed by atoms with Gasteiger partial charge in [-0.2, -0.15) is 13.2 Å². The Hall–Kier alpha value is -1.17. The monoisotopic (exact) mass is 220 g/mol. The van der Waals surface area contributed by atoms with Crippen molar-refractivity contribution in [1.29, 1.82) is 0 Å². The molecule has 76 valence electrons. The number of aromatic nitrogens is 1. The molecule has 0 radical (unpaired) electrons. The molecule has 2 nitrogen and oxygen atoms in total. The van der Waals surface area contributed by atoms with Crippen LogP contribution in [-0.4, -0.2) is 9.97 Å². The van der Waals surface area contributed by atoms with Crippen LogP contribution in [0.15, 0.2) is 12.3 Å². The van der Waals surface area contributed by atoms with Crippen molar-refractivity contribution in [2.75, 3.05) is 0 Å². The standard InChI is InChI=1S/C8H7F3N2S/c1-4-5(8(9,10)11)2-3-13-6(4)7(12)14/h2-3H,1H3,(H2,12,14). The summed E-state index contributed by atoms with van der Waals surface area (Å²) in [6, 6.07) is 0.900. The van der Waals surface area contributed by atoms with Crippen molar-refractivity contribution >= 4 is 17.2 Å². The number of hydrogen-bond acceptors (Lipinski definition) is 2. The molecule has 1 aromatic heterocycles. The maximum Gasteiger partial charge on any atom is 0.416 e. The van der Waals surface area contributed by atoms with Gasteiger partial charge in [0.15, 0.2) is 0 Å².